The Hall–Kier alpha value is -1.62. The summed E-state index contributed by atoms with van der Waals surface area (Å²) in [6.45, 7) is 2.78. The van der Waals surface area contributed by atoms with Gasteiger partial charge in [0.2, 0.25) is 5.88 Å². The Morgan fingerprint density at radius 3 is 2.89 bits per heavy atom. The van der Waals surface area contributed by atoms with Gasteiger partial charge in [-0.25, -0.2) is 4.39 Å². The number of hydrogen-bond donors (Lipinski definition) is 1. The summed E-state index contributed by atoms with van der Waals surface area (Å²) in [6.07, 6.45) is 0. The zero-order chi connectivity index (χ0) is 13.0. The van der Waals surface area contributed by atoms with Crippen LogP contribution < -0.4 is 10.1 Å². The smallest absolute Gasteiger partial charge is 0.221 e. The van der Waals surface area contributed by atoms with Gasteiger partial charge in [-0.05, 0) is 47.1 Å². The average molecular weight is 311 g/mol. The van der Waals surface area contributed by atoms with E-state index < -0.39 is 0 Å². The van der Waals surface area contributed by atoms with E-state index in [0.717, 1.165) is 12.4 Å². The molecule has 0 aliphatic heterocycles. The van der Waals surface area contributed by atoms with Crippen molar-refractivity contribution in [1.29, 1.82) is 0 Å². The van der Waals surface area contributed by atoms with Crippen LogP contribution in [0.15, 0.2) is 40.9 Å². The summed E-state index contributed by atoms with van der Waals surface area (Å²) >= 11 is 3.11. The van der Waals surface area contributed by atoms with Gasteiger partial charge in [0.1, 0.15) is 17.4 Å². The van der Waals surface area contributed by atoms with E-state index in [9.17, 15) is 4.39 Å². The number of rotatable bonds is 4. The molecule has 1 N–H and O–H groups in total. The highest BCUT2D eigenvalue weighted by atomic mass is 79.9. The molecular formula is C13H12BrFN2O. The van der Waals surface area contributed by atoms with Crippen LogP contribution in [0.2, 0.25) is 0 Å². The number of benzene rings is 1. The van der Waals surface area contributed by atoms with Crippen LogP contribution >= 0.6 is 15.9 Å². The zero-order valence-electron chi connectivity index (χ0n) is 9.78. The normalized spacial score (nSPS) is 10.2. The second-order valence-corrected chi connectivity index (χ2v) is 4.42. The van der Waals surface area contributed by atoms with Crippen LogP contribution in [0.3, 0.4) is 0 Å². The Kier molecular flexibility index (Phi) is 4.15. The predicted octanol–water partition coefficient (Wildman–Crippen LogP) is 4.21. The number of pyridine rings is 1. The standard InChI is InChI=1S/C13H12BrFN2O/c1-2-16-12-4-3-5-13(17-12)18-9-6-7-11(15)10(14)8-9/h3-8H,2H2,1H3,(H,16,17). The lowest BCUT2D eigenvalue weighted by Crippen LogP contribution is -1.99. The molecule has 0 bridgehead atoms. The monoisotopic (exact) mass is 310 g/mol. The van der Waals surface area contributed by atoms with E-state index in [-0.39, 0.29) is 5.82 Å². The summed E-state index contributed by atoms with van der Waals surface area (Å²) in [6, 6.07) is 9.92. The summed E-state index contributed by atoms with van der Waals surface area (Å²) in [7, 11) is 0. The number of hydrogen-bond acceptors (Lipinski definition) is 3. The van der Waals surface area contributed by atoms with Gasteiger partial charge < -0.3 is 10.1 Å². The minimum absolute atomic E-state index is 0.322. The molecule has 5 heteroatoms. The van der Waals surface area contributed by atoms with Crippen molar-refractivity contribution in [2.75, 3.05) is 11.9 Å². The predicted molar refractivity (Wildman–Crippen MR) is 72.6 cm³/mol. The lowest BCUT2D eigenvalue weighted by molar-refractivity contribution is 0.461. The van der Waals surface area contributed by atoms with Gasteiger partial charge in [0, 0.05) is 12.6 Å². The Morgan fingerprint density at radius 1 is 1.33 bits per heavy atom. The molecular weight excluding hydrogens is 299 g/mol. The van der Waals surface area contributed by atoms with Gasteiger partial charge in [0.05, 0.1) is 4.47 Å². The first-order valence-electron chi connectivity index (χ1n) is 5.53. The van der Waals surface area contributed by atoms with Gasteiger partial charge in [-0.3, -0.25) is 0 Å². The molecule has 0 fully saturated rings. The van der Waals surface area contributed by atoms with Crippen molar-refractivity contribution in [1.82, 2.24) is 4.98 Å². The molecule has 2 rings (SSSR count). The van der Waals surface area contributed by atoms with Crippen LogP contribution in [-0.4, -0.2) is 11.5 Å². The highest BCUT2D eigenvalue weighted by Gasteiger charge is 2.04. The fourth-order valence-electron chi connectivity index (χ4n) is 1.41. The highest BCUT2D eigenvalue weighted by Crippen LogP contribution is 2.25. The lowest BCUT2D eigenvalue weighted by atomic mass is 10.3. The quantitative estimate of drug-likeness (QED) is 0.918. The van der Waals surface area contributed by atoms with Crippen LogP contribution in [0.5, 0.6) is 11.6 Å². The minimum Gasteiger partial charge on any atom is -0.439 e. The number of ether oxygens (including phenoxy) is 1. The molecule has 3 nitrogen and oxygen atoms in total. The van der Waals surface area contributed by atoms with E-state index in [1.807, 2.05) is 19.1 Å². The van der Waals surface area contributed by atoms with Crippen LogP contribution in [0, 0.1) is 5.82 Å². The fourth-order valence-corrected chi connectivity index (χ4v) is 1.77. The SMILES string of the molecule is CCNc1cccc(Oc2ccc(F)c(Br)c2)n1. The maximum atomic E-state index is 13.1. The molecule has 2 aromatic rings. The third-order valence-corrected chi connectivity index (χ3v) is 2.80. The zero-order valence-corrected chi connectivity index (χ0v) is 11.4. The maximum Gasteiger partial charge on any atom is 0.221 e. The van der Waals surface area contributed by atoms with E-state index >= 15 is 0 Å². The second-order valence-electron chi connectivity index (χ2n) is 3.57. The van der Waals surface area contributed by atoms with Crippen molar-refractivity contribution in [3.05, 3.63) is 46.7 Å². The fraction of sp³-hybridized carbons (Fsp3) is 0.154. The van der Waals surface area contributed by atoms with Gasteiger partial charge >= 0.3 is 0 Å². The second kappa shape index (κ2) is 5.82. The maximum absolute atomic E-state index is 13.1. The molecule has 0 atom stereocenters. The van der Waals surface area contributed by atoms with Crippen LogP contribution in [-0.2, 0) is 0 Å². The molecule has 0 aliphatic carbocycles. The average Bonchev–Trinajstić information content (AvgIpc) is 2.35. The van der Waals surface area contributed by atoms with E-state index in [4.69, 9.17) is 4.74 Å². The molecule has 0 aliphatic rings. The summed E-state index contributed by atoms with van der Waals surface area (Å²) in [5.41, 5.74) is 0. The highest BCUT2D eigenvalue weighted by molar-refractivity contribution is 9.10. The van der Waals surface area contributed by atoms with Gasteiger partial charge in [-0.15, -0.1) is 0 Å². The molecule has 0 amide bonds. The Morgan fingerprint density at radius 2 is 2.17 bits per heavy atom. The Bertz CT molecular complexity index is 548. The topological polar surface area (TPSA) is 34.1 Å². The molecule has 94 valence electrons. The van der Waals surface area contributed by atoms with Crippen molar-refractivity contribution in [2.24, 2.45) is 0 Å². The summed E-state index contributed by atoms with van der Waals surface area (Å²) in [4.78, 5) is 4.27. The molecule has 1 aromatic carbocycles. The summed E-state index contributed by atoms with van der Waals surface area (Å²) in [5, 5.41) is 3.09. The first-order valence-corrected chi connectivity index (χ1v) is 6.32. The van der Waals surface area contributed by atoms with Gasteiger partial charge in [-0.1, -0.05) is 6.07 Å². The van der Waals surface area contributed by atoms with E-state index in [0.29, 0.717) is 16.1 Å². The molecule has 0 unspecified atom stereocenters. The third kappa shape index (κ3) is 3.20. The summed E-state index contributed by atoms with van der Waals surface area (Å²) < 4.78 is 19.0. The van der Waals surface area contributed by atoms with Crippen molar-refractivity contribution in [2.45, 2.75) is 6.92 Å². The van der Waals surface area contributed by atoms with Crippen molar-refractivity contribution >= 4 is 21.7 Å². The molecule has 0 saturated carbocycles. The van der Waals surface area contributed by atoms with Crippen molar-refractivity contribution < 1.29 is 9.13 Å². The Balaban J connectivity index is 2.17. The molecule has 18 heavy (non-hydrogen) atoms. The summed E-state index contributed by atoms with van der Waals surface area (Å²) in [5.74, 6) is 1.42. The molecule has 0 saturated heterocycles. The van der Waals surface area contributed by atoms with E-state index in [1.54, 1.807) is 18.2 Å². The molecule has 0 spiro atoms. The van der Waals surface area contributed by atoms with E-state index in [2.05, 4.69) is 26.2 Å². The van der Waals surface area contributed by atoms with Crippen LogP contribution in [0.1, 0.15) is 6.92 Å². The van der Waals surface area contributed by atoms with E-state index in [1.165, 1.54) is 6.07 Å². The lowest BCUT2D eigenvalue weighted by Gasteiger charge is -2.07. The van der Waals surface area contributed by atoms with Gasteiger partial charge in [0.15, 0.2) is 0 Å². The van der Waals surface area contributed by atoms with Crippen molar-refractivity contribution in [3.63, 3.8) is 0 Å². The van der Waals surface area contributed by atoms with Gasteiger partial charge in [0.25, 0.3) is 0 Å². The van der Waals surface area contributed by atoms with Crippen LogP contribution in [0.4, 0.5) is 10.2 Å². The molecule has 1 heterocycles. The van der Waals surface area contributed by atoms with Crippen molar-refractivity contribution in [3.8, 4) is 11.6 Å². The Labute approximate surface area is 113 Å². The minimum atomic E-state index is -0.322. The van der Waals surface area contributed by atoms with Gasteiger partial charge in [-0.2, -0.15) is 4.98 Å². The molecule has 0 radical (unpaired) electrons. The van der Waals surface area contributed by atoms with Crippen LogP contribution in [0.25, 0.3) is 0 Å². The first-order chi connectivity index (χ1) is 8.69. The number of aromatic nitrogens is 1. The number of nitrogens with one attached hydrogen (secondary N) is 1. The largest absolute Gasteiger partial charge is 0.439 e. The first kappa shape index (κ1) is 12.8. The number of anilines is 1. The third-order valence-electron chi connectivity index (χ3n) is 2.19. The number of halogens is 2. The number of nitrogens with zero attached hydrogens (tertiary/aromatic N) is 1. The molecule has 1 aromatic heterocycles.